The first-order valence-electron chi connectivity index (χ1n) is 8.62. The number of rotatable bonds is 4. The second kappa shape index (κ2) is 6.90. The van der Waals surface area contributed by atoms with Gasteiger partial charge in [0.05, 0.1) is 12.7 Å². The minimum atomic E-state index is -4.72. The Kier molecular flexibility index (Phi) is 4.52. The number of aromatic nitrogens is 3. The van der Waals surface area contributed by atoms with Gasteiger partial charge in [0, 0.05) is 18.3 Å². The van der Waals surface area contributed by atoms with Crippen LogP contribution in [0.15, 0.2) is 30.5 Å². The maximum absolute atomic E-state index is 14.5. The molecule has 0 aliphatic carbocycles. The largest absolute Gasteiger partial charge is 0.497 e. The molecule has 0 spiro atoms. The number of hydrogen-bond acceptors (Lipinski definition) is 5. The molecule has 1 aliphatic heterocycles. The van der Waals surface area contributed by atoms with Crippen LogP contribution in [0.1, 0.15) is 12.0 Å². The molecule has 2 aromatic heterocycles. The van der Waals surface area contributed by atoms with Crippen LogP contribution in [0.5, 0.6) is 5.75 Å². The third kappa shape index (κ3) is 3.32. The zero-order valence-corrected chi connectivity index (χ0v) is 15.0. The normalized spacial score (nSPS) is 16.9. The summed E-state index contributed by atoms with van der Waals surface area (Å²) in [5.41, 5.74) is -1.82. The van der Waals surface area contributed by atoms with E-state index in [0.29, 0.717) is 13.0 Å². The molecule has 1 atom stereocenters. The molecule has 1 unspecified atom stereocenters. The van der Waals surface area contributed by atoms with Crippen LogP contribution < -0.4 is 15.4 Å². The molecule has 7 nitrogen and oxygen atoms in total. The number of nitrogens with zero attached hydrogens (tertiary/aromatic N) is 3. The summed E-state index contributed by atoms with van der Waals surface area (Å²) < 4.78 is 61.5. The van der Waals surface area contributed by atoms with Crippen molar-refractivity contribution in [3.8, 4) is 17.0 Å². The van der Waals surface area contributed by atoms with Crippen molar-refractivity contribution in [3.63, 3.8) is 0 Å². The number of alkyl halides is 3. The van der Waals surface area contributed by atoms with E-state index in [2.05, 4.69) is 20.8 Å². The lowest BCUT2D eigenvalue weighted by Gasteiger charge is -2.16. The molecule has 0 saturated carbocycles. The molecule has 11 heteroatoms. The Morgan fingerprint density at radius 3 is 2.72 bits per heavy atom. The number of carbonyl (C=O) groups is 1. The van der Waals surface area contributed by atoms with Crippen molar-refractivity contribution in [2.45, 2.75) is 18.6 Å². The van der Waals surface area contributed by atoms with Crippen LogP contribution in [-0.4, -0.2) is 40.2 Å². The Balaban J connectivity index is 1.87. The topological polar surface area (TPSA) is 80.6 Å². The number of methoxy groups -OCH3 is 1. The zero-order chi connectivity index (χ0) is 20.8. The van der Waals surface area contributed by atoms with E-state index in [1.165, 1.54) is 23.8 Å². The number of anilines is 1. The van der Waals surface area contributed by atoms with Crippen LogP contribution in [0.4, 0.5) is 23.5 Å². The Morgan fingerprint density at radius 2 is 2.07 bits per heavy atom. The highest BCUT2D eigenvalue weighted by atomic mass is 19.4. The smallest absolute Gasteiger partial charge is 0.417 e. The molecule has 0 radical (unpaired) electrons. The van der Waals surface area contributed by atoms with Gasteiger partial charge >= 0.3 is 6.18 Å². The lowest BCUT2D eigenvalue weighted by Crippen LogP contribution is -2.30. The first-order chi connectivity index (χ1) is 13.8. The van der Waals surface area contributed by atoms with Crippen LogP contribution >= 0.6 is 0 Å². The second-order valence-corrected chi connectivity index (χ2v) is 6.44. The van der Waals surface area contributed by atoms with Gasteiger partial charge < -0.3 is 15.4 Å². The lowest BCUT2D eigenvalue weighted by molar-refractivity contribution is -0.137. The molecule has 3 aromatic rings. The van der Waals surface area contributed by atoms with Crippen LogP contribution in [0.25, 0.3) is 16.8 Å². The zero-order valence-electron chi connectivity index (χ0n) is 15.0. The highest BCUT2D eigenvalue weighted by Gasteiger charge is 2.36. The van der Waals surface area contributed by atoms with E-state index in [0.717, 1.165) is 18.2 Å². The van der Waals surface area contributed by atoms with Crippen molar-refractivity contribution in [1.82, 2.24) is 19.9 Å². The minimum absolute atomic E-state index is 0.00596. The van der Waals surface area contributed by atoms with Gasteiger partial charge in [0.25, 0.3) is 0 Å². The quantitative estimate of drug-likeness (QED) is 0.648. The van der Waals surface area contributed by atoms with Crippen molar-refractivity contribution < 1.29 is 27.1 Å². The highest BCUT2D eigenvalue weighted by Crippen LogP contribution is 2.40. The summed E-state index contributed by atoms with van der Waals surface area (Å²) in [6, 6.07) is 3.83. The molecule has 29 heavy (non-hydrogen) atoms. The van der Waals surface area contributed by atoms with Gasteiger partial charge in [0.2, 0.25) is 11.9 Å². The van der Waals surface area contributed by atoms with E-state index in [4.69, 9.17) is 4.74 Å². The van der Waals surface area contributed by atoms with Crippen molar-refractivity contribution in [2.75, 3.05) is 19.0 Å². The molecule has 0 bridgehead atoms. The molecule has 1 aromatic carbocycles. The van der Waals surface area contributed by atoms with Gasteiger partial charge in [-0.15, -0.1) is 10.2 Å². The minimum Gasteiger partial charge on any atom is -0.497 e. The summed E-state index contributed by atoms with van der Waals surface area (Å²) in [6.07, 6.45) is -2.91. The Bertz CT molecular complexity index is 1100. The number of hydrogen-bond donors (Lipinski definition) is 2. The highest BCUT2D eigenvalue weighted by molar-refractivity contribution is 5.86. The fraction of sp³-hybridized carbons (Fsp3) is 0.278. The summed E-state index contributed by atoms with van der Waals surface area (Å²) >= 11 is 0. The SMILES string of the molecule is COc1ccc(-c2nnc(NC3CCNC3=O)n3ccc(F)c23)c(C(F)(F)F)c1. The molecule has 1 aliphatic rings. The molecule has 1 fully saturated rings. The first-order valence-corrected chi connectivity index (χ1v) is 8.62. The number of carbonyl (C=O) groups excluding carboxylic acids is 1. The number of fused-ring (bicyclic) bond motifs is 1. The molecular weight excluding hydrogens is 394 g/mol. The van der Waals surface area contributed by atoms with Gasteiger partial charge in [0.15, 0.2) is 5.82 Å². The number of amides is 1. The van der Waals surface area contributed by atoms with E-state index in [1.807, 2.05) is 0 Å². The van der Waals surface area contributed by atoms with Gasteiger partial charge in [-0.05, 0) is 30.7 Å². The second-order valence-electron chi connectivity index (χ2n) is 6.44. The van der Waals surface area contributed by atoms with Gasteiger partial charge in [-0.25, -0.2) is 4.39 Å². The fourth-order valence-corrected chi connectivity index (χ4v) is 3.26. The molecule has 1 amide bonds. The number of nitrogens with one attached hydrogen (secondary N) is 2. The maximum atomic E-state index is 14.5. The van der Waals surface area contributed by atoms with E-state index in [1.54, 1.807) is 0 Å². The summed E-state index contributed by atoms with van der Waals surface area (Å²) in [5, 5.41) is 13.3. The Hall–Kier alpha value is -3.37. The van der Waals surface area contributed by atoms with Crippen molar-refractivity contribution in [2.24, 2.45) is 0 Å². The lowest BCUT2D eigenvalue weighted by atomic mass is 10.0. The Labute approximate surface area is 161 Å². The summed E-state index contributed by atoms with van der Waals surface area (Å²) in [7, 11) is 1.25. The van der Waals surface area contributed by atoms with E-state index >= 15 is 0 Å². The van der Waals surface area contributed by atoms with E-state index < -0.39 is 23.6 Å². The first kappa shape index (κ1) is 19.0. The average molecular weight is 409 g/mol. The molecule has 4 rings (SSSR count). The van der Waals surface area contributed by atoms with Gasteiger partial charge in [-0.3, -0.25) is 9.20 Å². The summed E-state index contributed by atoms with van der Waals surface area (Å²) in [6.45, 7) is 0.478. The van der Waals surface area contributed by atoms with Gasteiger partial charge in [-0.1, -0.05) is 0 Å². The predicted molar refractivity (Wildman–Crippen MR) is 95.0 cm³/mol. The van der Waals surface area contributed by atoms with Gasteiger partial charge in [-0.2, -0.15) is 13.2 Å². The van der Waals surface area contributed by atoms with Crippen LogP contribution in [0.2, 0.25) is 0 Å². The average Bonchev–Trinajstić information content (AvgIpc) is 3.27. The molecular formula is C18H15F4N5O2. The summed E-state index contributed by atoms with van der Waals surface area (Å²) in [5.74, 6) is -0.952. The fourth-order valence-electron chi connectivity index (χ4n) is 3.26. The van der Waals surface area contributed by atoms with Gasteiger partial charge in [0.1, 0.15) is 23.0 Å². The van der Waals surface area contributed by atoms with Crippen molar-refractivity contribution in [3.05, 3.63) is 41.8 Å². The maximum Gasteiger partial charge on any atom is 0.417 e. The number of halogens is 4. The molecule has 2 N–H and O–H groups in total. The van der Waals surface area contributed by atoms with E-state index in [9.17, 15) is 22.4 Å². The number of benzene rings is 1. The van der Waals surface area contributed by atoms with E-state index in [-0.39, 0.29) is 34.4 Å². The van der Waals surface area contributed by atoms with Crippen LogP contribution in [0.3, 0.4) is 0 Å². The molecule has 3 heterocycles. The predicted octanol–water partition coefficient (Wildman–Crippen LogP) is 2.86. The third-order valence-electron chi connectivity index (χ3n) is 4.67. The van der Waals surface area contributed by atoms with Crippen LogP contribution in [-0.2, 0) is 11.0 Å². The molecule has 152 valence electrons. The van der Waals surface area contributed by atoms with Crippen molar-refractivity contribution in [1.29, 1.82) is 0 Å². The van der Waals surface area contributed by atoms with Crippen molar-refractivity contribution >= 4 is 17.4 Å². The summed E-state index contributed by atoms with van der Waals surface area (Å²) in [4.78, 5) is 11.8. The number of ether oxygens (including phenoxy) is 1. The monoisotopic (exact) mass is 409 g/mol. The standard InChI is InChI=1S/C18H15F4N5O2/c1-29-9-2-3-10(11(8-9)18(20,21)22)14-15-12(19)5-7-27(15)17(26-25-14)24-13-4-6-23-16(13)28/h2-3,5,7-8,13H,4,6H2,1H3,(H,23,28)(H,24,26). The van der Waals surface area contributed by atoms with Crippen LogP contribution in [0, 0.1) is 5.82 Å². The molecule has 1 saturated heterocycles. The third-order valence-corrected chi connectivity index (χ3v) is 4.67. The Morgan fingerprint density at radius 1 is 1.28 bits per heavy atom.